The number of nitrogens with one attached hydrogen (secondary N) is 1. The number of ether oxygens (including phenoxy) is 1. The zero-order valence-electron chi connectivity index (χ0n) is 9.01. The summed E-state index contributed by atoms with van der Waals surface area (Å²) in [6.07, 6.45) is 4.67. The fourth-order valence-electron chi connectivity index (χ4n) is 1.16. The number of hydrogen-bond donors (Lipinski definition) is 2. The van der Waals surface area contributed by atoms with E-state index in [2.05, 4.69) is 20.4 Å². The summed E-state index contributed by atoms with van der Waals surface area (Å²) in [6, 6.07) is 1.64. The highest BCUT2D eigenvalue weighted by Crippen LogP contribution is 2.24. The van der Waals surface area contributed by atoms with Gasteiger partial charge in [-0.15, -0.1) is 0 Å². The van der Waals surface area contributed by atoms with Crippen LogP contribution < -0.4 is 16.0 Å². The third-order valence-electron chi connectivity index (χ3n) is 1.95. The monoisotopic (exact) mass is 251 g/mol. The quantitative estimate of drug-likeness (QED) is 0.640. The molecule has 0 atom stereocenters. The van der Waals surface area contributed by atoms with Crippen LogP contribution in [0.4, 0.5) is 5.95 Å². The van der Waals surface area contributed by atoms with E-state index in [1.54, 1.807) is 18.5 Å². The molecule has 2 rings (SSSR count). The van der Waals surface area contributed by atoms with Gasteiger partial charge in [0.15, 0.2) is 0 Å². The molecule has 0 aliphatic rings. The Bertz CT molecular complexity index is 534. The fraction of sp³-hybridized carbons (Fsp3) is 0.100. The summed E-state index contributed by atoms with van der Waals surface area (Å²) in [7, 11) is 0. The van der Waals surface area contributed by atoms with E-state index in [1.165, 1.54) is 6.20 Å². The number of rotatable bonds is 3. The Morgan fingerprint density at radius 2 is 2.18 bits per heavy atom. The molecule has 2 aromatic heterocycles. The Hall–Kier alpha value is -1.92. The van der Waals surface area contributed by atoms with Gasteiger partial charge in [-0.2, -0.15) is 4.98 Å². The largest absolute Gasteiger partial charge is 0.437 e. The molecular formula is C10H10ClN5O. The summed E-state index contributed by atoms with van der Waals surface area (Å²) in [5, 5.41) is 0.492. The lowest BCUT2D eigenvalue weighted by Crippen LogP contribution is -2.11. The van der Waals surface area contributed by atoms with Gasteiger partial charge in [0.05, 0.1) is 11.2 Å². The Balaban J connectivity index is 2.29. The molecule has 0 saturated heterocycles. The van der Waals surface area contributed by atoms with Gasteiger partial charge < -0.3 is 4.74 Å². The number of anilines is 1. The smallest absolute Gasteiger partial charge is 0.240 e. The maximum absolute atomic E-state index is 5.80. The van der Waals surface area contributed by atoms with E-state index < -0.39 is 0 Å². The molecule has 2 heterocycles. The van der Waals surface area contributed by atoms with Crippen LogP contribution in [-0.2, 0) is 0 Å². The Morgan fingerprint density at radius 1 is 1.35 bits per heavy atom. The van der Waals surface area contributed by atoms with Crippen LogP contribution in [0.15, 0.2) is 24.7 Å². The summed E-state index contributed by atoms with van der Waals surface area (Å²) in [5.74, 6) is 6.40. The van der Waals surface area contributed by atoms with E-state index in [-0.39, 0.29) is 5.95 Å². The molecule has 7 heteroatoms. The first-order chi connectivity index (χ1) is 8.19. The Kier molecular flexibility index (Phi) is 3.36. The number of nitrogens with zero attached hydrogens (tertiary/aromatic N) is 3. The maximum atomic E-state index is 5.80. The molecule has 2 aromatic rings. The van der Waals surface area contributed by atoms with Crippen LogP contribution in [0, 0.1) is 6.92 Å². The second-order valence-corrected chi connectivity index (χ2v) is 3.70. The second kappa shape index (κ2) is 4.94. The molecule has 88 valence electrons. The molecule has 3 N–H and O–H groups in total. The lowest BCUT2D eigenvalue weighted by Gasteiger charge is -2.08. The molecule has 0 saturated carbocycles. The predicted octanol–water partition coefficient (Wildman–Crippen LogP) is 1.91. The van der Waals surface area contributed by atoms with E-state index in [0.29, 0.717) is 16.7 Å². The number of nitrogens with two attached hydrogens (primary N) is 1. The Morgan fingerprint density at radius 3 is 2.88 bits per heavy atom. The number of aromatic nitrogens is 3. The van der Waals surface area contributed by atoms with Crippen molar-refractivity contribution in [3.63, 3.8) is 0 Å². The van der Waals surface area contributed by atoms with Crippen LogP contribution in [0.2, 0.25) is 5.02 Å². The zero-order chi connectivity index (χ0) is 12.3. The summed E-state index contributed by atoms with van der Waals surface area (Å²) < 4.78 is 5.54. The van der Waals surface area contributed by atoms with E-state index in [4.69, 9.17) is 22.2 Å². The first-order valence-electron chi connectivity index (χ1n) is 4.77. The minimum absolute atomic E-state index is 0.278. The van der Waals surface area contributed by atoms with Gasteiger partial charge in [0.25, 0.3) is 0 Å². The second-order valence-electron chi connectivity index (χ2n) is 3.27. The third kappa shape index (κ3) is 2.80. The molecule has 0 aliphatic heterocycles. The van der Waals surface area contributed by atoms with Crippen molar-refractivity contribution in [2.45, 2.75) is 6.92 Å². The van der Waals surface area contributed by atoms with Crippen molar-refractivity contribution in [3.8, 4) is 11.6 Å². The number of halogens is 1. The highest BCUT2D eigenvalue weighted by Gasteiger charge is 2.06. The van der Waals surface area contributed by atoms with Crippen molar-refractivity contribution in [2.75, 3.05) is 5.43 Å². The molecule has 0 fully saturated rings. The topological polar surface area (TPSA) is 86.0 Å². The van der Waals surface area contributed by atoms with Gasteiger partial charge in [0.2, 0.25) is 11.8 Å². The maximum Gasteiger partial charge on any atom is 0.240 e. The predicted molar refractivity (Wildman–Crippen MR) is 63.9 cm³/mol. The van der Waals surface area contributed by atoms with Crippen molar-refractivity contribution in [2.24, 2.45) is 5.84 Å². The molecule has 6 nitrogen and oxygen atoms in total. The molecule has 0 unspecified atom stereocenters. The number of pyridine rings is 1. The first kappa shape index (κ1) is 11.6. The zero-order valence-corrected chi connectivity index (χ0v) is 9.77. The van der Waals surface area contributed by atoms with E-state index in [0.717, 1.165) is 5.56 Å². The normalized spacial score (nSPS) is 10.1. The highest BCUT2D eigenvalue weighted by atomic mass is 35.5. The van der Waals surface area contributed by atoms with Crippen LogP contribution in [0.1, 0.15) is 5.56 Å². The lowest BCUT2D eigenvalue weighted by molar-refractivity contribution is 0.456. The van der Waals surface area contributed by atoms with Crippen LogP contribution >= 0.6 is 11.6 Å². The average molecular weight is 252 g/mol. The standard InChI is InChI=1S/C10H10ClN5O/c1-6-3-14-10(16-12)15-9(6)17-8-2-7(11)4-13-5-8/h2-5H,12H2,1H3,(H,14,15,16). The van der Waals surface area contributed by atoms with Gasteiger partial charge in [0.1, 0.15) is 5.75 Å². The first-order valence-corrected chi connectivity index (χ1v) is 5.15. The Labute approximate surface area is 103 Å². The van der Waals surface area contributed by atoms with Gasteiger partial charge in [0, 0.05) is 24.0 Å². The molecule has 0 radical (unpaired) electrons. The summed E-state index contributed by atoms with van der Waals surface area (Å²) in [5.41, 5.74) is 3.13. The van der Waals surface area contributed by atoms with Crippen molar-refractivity contribution in [3.05, 3.63) is 35.2 Å². The molecule has 0 amide bonds. The van der Waals surface area contributed by atoms with Gasteiger partial charge in [-0.25, -0.2) is 10.8 Å². The number of hydrazine groups is 1. The molecule has 0 aromatic carbocycles. The van der Waals surface area contributed by atoms with Gasteiger partial charge in [-0.3, -0.25) is 10.4 Å². The van der Waals surface area contributed by atoms with Gasteiger partial charge in [-0.05, 0) is 6.92 Å². The average Bonchev–Trinajstić information content (AvgIpc) is 2.32. The van der Waals surface area contributed by atoms with Crippen LogP contribution in [0.3, 0.4) is 0 Å². The number of nitrogen functional groups attached to an aromatic ring is 1. The van der Waals surface area contributed by atoms with E-state index in [9.17, 15) is 0 Å². The van der Waals surface area contributed by atoms with Crippen LogP contribution in [0.25, 0.3) is 0 Å². The van der Waals surface area contributed by atoms with Gasteiger partial charge >= 0.3 is 0 Å². The molecule has 0 aliphatic carbocycles. The summed E-state index contributed by atoms with van der Waals surface area (Å²) >= 11 is 5.80. The van der Waals surface area contributed by atoms with Gasteiger partial charge in [-0.1, -0.05) is 11.6 Å². The van der Waals surface area contributed by atoms with Crippen molar-refractivity contribution in [1.29, 1.82) is 0 Å². The van der Waals surface area contributed by atoms with Crippen molar-refractivity contribution >= 4 is 17.5 Å². The van der Waals surface area contributed by atoms with Crippen molar-refractivity contribution < 1.29 is 4.74 Å². The minimum Gasteiger partial charge on any atom is -0.437 e. The number of hydrogen-bond acceptors (Lipinski definition) is 6. The SMILES string of the molecule is Cc1cnc(NN)nc1Oc1cncc(Cl)c1. The molecule has 17 heavy (non-hydrogen) atoms. The van der Waals surface area contributed by atoms with Crippen molar-refractivity contribution in [1.82, 2.24) is 15.0 Å². The van der Waals surface area contributed by atoms with E-state index >= 15 is 0 Å². The molecular weight excluding hydrogens is 242 g/mol. The fourth-order valence-corrected chi connectivity index (χ4v) is 1.32. The summed E-state index contributed by atoms with van der Waals surface area (Å²) in [6.45, 7) is 1.83. The highest BCUT2D eigenvalue weighted by molar-refractivity contribution is 6.30. The van der Waals surface area contributed by atoms with Crippen LogP contribution in [0.5, 0.6) is 11.6 Å². The minimum atomic E-state index is 0.278. The lowest BCUT2D eigenvalue weighted by atomic mass is 10.4. The van der Waals surface area contributed by atoms with E-state index in [1.807, 2.05) is 6.92 Å². The third-order valence-corrected chi connectivity index (χ3v) is 2.16. The molecule has 0 spiro atoms. The number of aryl methyl sites for hydroxylation is 1. The molecule has 0 bridgehead atoms. The van der Waals surface area contributed by atoms with Crippen LogP contribution in [-0.4, -0.2) is 15.0 Å². The summed E-state index contributed by atoms with van der Waals surface area (Å²) in [4.78, 5) is 11.9.